The van der Waals surface area contributed by atoms with Crippen molar-refractivity contribution in [2.75, 3.05) is 33.3 Å². The second kappa shape index (κ2) is 11.5. The summed E-state index contributed by atoms with van der Waals surface area (Å²) >= 11 is 12.5. The van der Waals surface area contributed by atoms with Crippen molar-refractivity contribution < 1.29 is 13.9 Å². The number of hydrogen-bond acceptors (Lipinski definition) is 4. The zero-order chi connectivity index (χ0) is 20.5. The Morgan fingerprint density at radius 1 is 1.07 bits per heavy atom. The van der Waals surface area contributed by atoms with Gasteiger partial charge in [-0.25, -0.2) is 4.39 Å². The number of nitrogens with zero attached hydrogens (tertiary/aromatic N) is 1. The molecule has 0 aliphatic carbocycles. The summed E-state index contributed by atoms with van der Waals surface area (Å²) in [7, 11) is 1.57. The van der Waals surface area contributed by atoms with Crippen molar-refractivity contribution in [3.63, 3.8) is 0 Å². The number of hydrogen-bond donors (Lipinski definition) is 1. The quantitative estimate of drug-likeness (QED) is 0.501. The molecule has 0 heterocycles. The summed E-state index contributed by atoms with van der Waals surface area (Å²) in [5.41, 5.74) is 1.68. The third-order valence-electron chi connectivity index (χ3n) is 4.50. The zero-order valence-corrected chi connectivity index (χ0v) is 18.0. The van der Waals surface area contributed by atoms with Crippen molar-refractivity contribution in [3.05, 3.63) is 57.3 Å². The average molecular weight is 429 g/mol. The van der Waals surface area contributed by atoms with Crippen LogP contribution in [0, 0.1) is 5.82 Å². The minimum absolute atomic E-state index is 0.163. The maximum absolute atomic E-state index is 13.2. The van der Waals surface area contributed by atoms with E-state index in [1.165, 1.54) is 12.1 Å². The third-order valence-corrected chi connectivity index (χ3v) is 5.14. The second-order valence-corrected chi connectivity index (χ2v) is 7.15. The van der Waals surface area contributed by atoms with Crippen LogP contribution in [0.1, 0.15) is 25.0 Å². The molecule has 0 spiro atoms. The lowest BCUT2D eigenvalue weighted by Gasteiger charge is -2.18. The first-order valence-corrected chi connectivity index (χ1v) is 10.1. The number of nitrogens with one attached hydrogen (secondary N) is 1. The zero-order valence-electron chi connectivity index (χ0n) is 16.5. The lowest BCUT2D eigenvalue weighted by atomic mass is 10.2. The van der Waals surface area contributed by atoms with Crippen LogP contribution in [0.25, 0.3) is 0 Å². The van der Waals surface area contributed by atoms with Gasteiger partial charge in [-0.3, -0.25) is 0 Å². The number of methoxy groups -OCH3 is 1. The molecule has 28 heavy (non-hydrogen) atoms. The van der Waals surface area contributed by atoms with E-state index >= 15 is 0 Å². The van der Waals surface area contributed by atoms with Gasteiger partial charge in [0, 0.05) is 25.2 Å². The summed E-state index contributed by atoms with van der Waals surface area (Å²) in [5.74, 6) is 0.602. The Bertz CT molecular complexity index is 770. The molecular weight excluding hydrogens is 402 g/mol. The van der Waals surface area contributed by atoms with E-state index in [0.29, 0.717) is 33.7 Å². The summed E-state index contributed by atoms with van der Waals surface area (Å²) < 4.78 is 24.4. The summed E-state index contributed by atoms with van der Waals surface area (Å²) in [5, 5.41) is 4.19. The molecule has 2 aromatic carbocycles. The van der Waals surface area contributed by atoms with Crippen LogP contribution >= 0.6 is 23.2 Å². The summed E-state index contributed by atoms with van der Waals surface area (Å²) in [6.07, 6.45) is 0. The number of rotatable bonds is 11. The highest BCUT2D eigenvalue weighted by Crippen LogP contribution is 2.37. The molecule has 0 saturated carbocycles. The molecule has 7 heteroatoms. The molecule has 0 aliphatic heterocycles. The molecular formula is C21H27Cl2FN2O2. The van der Waals surface area contributed by atoms with Crippen molar-refractivity contribution in [3.8, 4) is 11.5 Å². The number of ether oxygens (including phenoxy) is 2. The Morgan fingerprint density at radius 3 is 2.46 bits per heavy atom. The van der Waals surface area contributed by atoms with Gasteiger partial charge in [-0.15, -0.1) is 0 Å². The van der Waals surface area contributed by atoms with Gasteiger partial charge < -0.3 is 19.7 Å². The fraction of sp³-hybridized carbons (Fsp3) is 0.429. The predicted octanol–water partition coefficient (Wildman–Crippen LogP) is 5.15. The highest BCUT2D eigenvalue weighted by molar-refractivity contribution is 6.32. The fourth-order valence-corrected chi connectivity index (χ4v) is 3.32. The van der Waals surface area contributed by atoms with E-state index in [9.17, 15) is 4.39 Å². The molecule has 0 aliphatic rings. The molecule has 0 saturated heterocycles. The van der Waals surface area contributed by atoms with Gasteiger partial charge in [0.15, 0.2) is 11.5 Å². The summed E-state index contributed by atoms with van der Waals surface area (Å²) in [6, 6.07) is 7.95. The van der Waals surface area contributed by atoms with Crippen molar-refractivity contribution in [2.45, 2.75) is 27.0 Å². The minimum atomic E-state index is -0.387. The minimum Gasteiger partial charge on any atom is -0.493 e. The first-order valence-electron chi connectivity index (χ1n) is 9.34. The number of likely N-dealkylation sites (N-methyl/N-ethyl adjacent to an activating group) is 1. The molecule has 1 N–H and O–H groups in total. The van der Waals surface area contributed by atoms with E-state index in [0.717, 1.165) is 31.7 Å². The predicted molar refractivity (Wildman–Crippen MR) is 113 cm³/mol. The first-order chi connectivity index (χ1) is 13.5. The van der Waals surface area contributed by atoms with Crippen molar-refractivity contribution >= 4 is 23.2 Å². The highest BCUT2D eigenvalue weighted by atomic mass is 35.5. The summed E-state index contributed by atoms with van der Waals surface area (Å²) in [4.78, 5) is 2.36. The van der Waals surface area contributed by atoms with Gasteiger partial charge in [0.25, 0.3) is 0 Å². The molecule has 0 atom stereocenters. The van der Waals surface area contributed by atoms with Crippen LogP contribution in [0.2, 0.25) is 10.0 Å². The van der Waals surface area contributed by atoms with E-state index in [1.54, 1.807) is 13.2 Å². The normalized spacial score (nSPS) is 11.1. The van der Waals surface area contributed by atoms with Crippen LogP contribution < -0.4 is 14.8 Å². The number of benzene rings is 2. The van der Waals surface area contributed by atoms with Crippen LogP contribution in [0.4, 0.5) is 4.39 Å². The van der Waals surface area contributed by atoms with Gasteiger partial charge in [0.05, 0.1) is 17.2 Å². The van der Waals surface area contributed by atoms with Gasteiger partial charge in [0.2, 0.25) is 0 Å². The average Bonchev–Trinajstić information content (AvgIpc) is 2.68. The molecule has 154 valence electrons. The monoisotopic (exact) mass is 428 g/mol. The van der Waals surface area contributed by atoms with E-state index in [2.05, 4.69) is 24.1 Å². The van der Waals surface area contributed by atoms with Gasteiger partial charge in [-0.1, -0.05) is 43.1 Å². The number of halogens is 3. The smallest absolute Gasteiger partial charge is 0.180 e. The Hall–Kier alpha value is -1.53. The van der Waals surface area contributed by atoms with Crippen LogP contribution in [-0.2, 0) is 13.2 Å². The third kappa shape index (κ3) is 6.52. The first kappa shape index (κ1) is 22.8. The van der Waals surface area contributed by atoms with Gasteiger partial charge in [-0.2, -0.15) is 0 Å². The van der Waals surface area contributed by atoms with Crippen LogP contribution in [0.3, 0.4) is 0 Å². The molecule has 0 fully saturated rings. The standard InChI is InChI=1S/C21H27Cl2FN2O2/c1-4-26(5-2)9-8-25-13-15-10-19(23)21(20(11-15)27-3)28-14-16-6-7-17(24)12-18(16)22/h6-7,10-12,25H,4-5,8-9,13-14H2,1-3H3. The second-order valence-electron chi connectivity index (χ2n) is 6.34. The van der Waals surface area contributed by atoms with Crippen molar-refractivity contribution in [1.82, 2.24) is 10.2 Å². The van der Waals surface area contributed by atoms with Crippen LogP contribution in [0.5, 0.6) is 11.5 Å². The Kier molecular flexibility index (Phi) is 9.32. The largest absolute Gasteiger partial charge is 0.493 e. The summed E-state index contributed by atoms with van der Waals surface area (Å²) in [6.45, 7) is 9.14. The van der Waals surface area contributed by atoms with E-state index in [1.807, 2.05) is 12.1 Å². The molecule has 0 radical (unpaired) electrons. The van der Waals surface area contributed by atoms with Crippen molar-refractivity contribution in [1.29, 1.82) is 0 Å². The van der Waals surface area contributed by atoms with Crippen LogP contribution in [0.15, 0.2) is 30.3 Å². The van der Waals surface area contributed by atoms with E-state index in [4.69, 9.17) is 32.7 Å². The lowest BCUT2D eigenvalue weighted by Crippen LogP contribution is -2.31. The Morgan fingerprint density at radius 2 is 1.82 bits per heavy atom. The van der Waals surface area contributed by atoms with E-state index in [-0.39, 0.29) is 12.4 Å². The van der Waals surface area contributed by atoms with Gasteiger partial charge in [-0.05, 0) is 42.9 Å². The SMILES string of the molecule is CCN(CC)CCNCc1cc(Cl)c(OCc2ccc(F)cc2Cl)c(OC)c1. The van der Waals surface area contributed by atoms with Gasteiger partial charge >= 0.3 is 0 Å². The lowest BCUT2D eigenvalue weighted by molar-refractivity contribution is 0.284. The molecule has 2 rings (SSSR count). The maximum atomic E-state index is 13.2. The fourth-order valence-electron chi connectivity index (χ4n) is 2.81. The maximum Gasteiger partial charge on any atom is 0.180 e. The molecule has 0 amide bonds. The van der Waals surface area contributed by atoms with Gasteiger partial charge in [0.1, 0.15) is 12.4 Å². The molecule has 0 bridgehead atoms. The molecule has 0 aromatic heterocycles. The topological polar surface area (TPSA) is 33.7 Å². The molecule has 4 nitrogen and oxygen atoms in total. The van der Waals surface area contributed by atoms with Crippen molar-refractivity contribution in [2.24, 2.45) is 0 Å². The highest BCUT2D eigenvalue weighted by Gasteiger charge is 2.13. The Labute approximate surface area is 176 Å². The molecule has 0 unspecified atom stereocenters. The Balaban J connectivity index is 2.00. The van der Waals surface area contributed by atoms with E-state index < -0.39 is 0 Å². The van der Waals surface area contributed by atoms with Crippen LogP contribution in [-0.4, -0.2) is 38.2 Å². The molecule has 2 aromatic rings.